The molecule has 1 unspecified atom stereocenters. The van der Waals surface area contributed by atoms with Gasteiger partial charge in [0.15, 0.2) is 0 Å². The third kappa shape index (κ3) is 2.55. The van der Waals surface area contributed by atoms with Crippen LogP contribution in [-0.4, -0.2) is 18.2 Å². The number of piperidine rings is 1. The molecule has 5 heteroatoms. The van der Waals surface area contributed by atoms with Gasteiger partial charge in [-0.2, -0.15) is 5.26 Å². The molecular formula is C15H15FN2O2. The fraction of sp³-hybridized carbons (Fsp3) is 0.400. The van der Waals surface area contributed by atoms with E-state index >= 15 is 0 Å². The molecule has 0 N–H and O–H groups in total. The molecule has 1 fully saturated rings. The van der Waals surface area contributed by atoms with E-state index in [0.29, 0.717) is 25.1 Å². The van der Waals surface area contributed by atoms with Gasteiger partial charge in [0, 0.05) is 18.7 Å². The van der Waals surface area contributed by atoms with E-state index in [1.807, 2.05) is 0 Å². The molecule has 0 aromatic heterocycles. The maximum atomic E-state index is 13.3. The van der Waals surface area contributed by atoms with Crippen LogP contribution < -0.4 is 4.90 Å². The molecular weight excluding hydrogens is 259 g/mol. The molecule has 1 saturated heterocycles. The zero-order chi connectivity index (χ0) is 14.7. The second kappa shape index (κ2) is 5.83. The Labute approximate surface area is 116 Å². The van der Waals surface area contributed by atoms with Crippen molar-refractivity contribution in [2.24, 2.45) is 5.92 Å². The summed E-state index contributed by atoms with van der Waals surface area (Å²) in [6.45, 7) is 2.23. The number of carbonyl (C=O) groups is 2. The average Bonchev–Trinajstić information content (AvgIpc) is 2.47. The number of amides is 1. The molecule has 1 amide bonds. The Morgan fingerprint density at radius 2 is 2.30 bits per heavy atom. The van der Waals surface area contributed by atoms with Crippen molar-refractivity contribution in [3.05, 3.63) is 29.6 Å². The molecule has 0 saturated carbocycles. The van der Waals surface area contributed by atoms with Crippen LogP contribution in [0.1, 0.15) is 31.7 Å². The van der Waals surface area contributed by atoms with Crippen molar-refractivity contribution >= 4 is 17.4 Å². The Morgan fingerprint density at radius 3 is 2.95 bits per heavy atom. The highest BCUT2D eigenvalue weighted by Gasteiger charge is 2.33. The molecule has 20 heavy (non-hydrogen) atoms. The zero-order valence-corrected chi connectivity index (χ0v) is 11.2. The van der Waals surface area contributed by atoms with E-state index in [-0.39, 0.29) is 17.3 Å². The van der Waals surface area contributed by atoms with E-state index in [1.54, 1.807) is 13.0 Å². The van der Waals surface area contributed by atoms with Crippen molar-refractivity contribution in [1.82, 2.24) is 0 Å². The maximum absolute atomic E-state index is 13.3. The third-order valence-electron chi connectivity index (χ3n) is 3.56. The standard InChI is InChI=1S/C15H15FN2O2/c1-2-14(19)12-4-3-7-18(15(12)20)11-5-6-13(16)10(8-11)9-17/h5-6,8,12H,2-4,7H2,1H3. The Balaban J connectivity index is 2.30. The first-order valence-electron chi connectivity index (χ1n) is 6.62. The summed E-state index contributed by atoms with van der Waals surface area (Å²) >= 11 is 0. The van der Waals surface area contributed by atoms with Crippen LogP contribution in [0.5, 0.6) is 0 Å². The van der Waals surface area contributed by atoms with Gasteiger partial charge in [0.2, 0.25) is 5.91 Å². The molecule has 104 valence electrons. The summed E-state index contributed by atoms with van der Waals surface area (Å²) in [5.74, 6) is -1.54. The van der Waals surface area contributed by atoms with Crippen LogP contribution in [0, 0.1) is 23.1 Å². The first-order chi connectivity index (χ1) is 9.58. The van der Waals surface area contributed by atoms with Crippen molar-refractivity contribution in [3.63, 3.8) is 0 Å². The summed E-state index contributed by atoms with van der Waals surface area (Å²) in [7, 11) is 0. The number of nitriles is 1. The quantitative estimate of drug-likeness (QED) is 0.795. The van der Waals surface area contributed by atoms with Gasteiger partial charge in [-0.05, 0) is 31.0 Å². The summed E-state index contributed by atoms with van der Waals surface area (Å²) in [5, 5.41) is 8.84. The predicted octanol–water partition coefficient (Wildman–Crippen LogP) is 2.42. The molecule has 1 aliphatic heterocycles. The van der Waals surface area contributed by atoms with Crippen LogP contribution in [0.15, 0.2) is 18.2 Å². The number of nitrogens with zero attached hydrogens (tertiary/aromatic N) is 2. The van der Waals surface area contributed by atoms with Gasteiger partial charge in [0.05, 0.1) is 11.5 Å². The van der Waals surface area contributed by atoms with Gasteiger partial charge in [-0.15, -0.1) is 0 Å². The lowest BCUT2D eigenvalue weighted by molar-refractivity contribution is -0.133. The average molecular weight is 274 g/mol. The SMILES string of the molecule is CCC(=O)C1CCCN(c2ccc(F)c(C#N)c2)C1=O. The van der Waals surface area contributed by atoms with Gasteiger partial charge in [0.25, 0.3) is 0 Å². The molecule has 1 aromatic carbocycles. The molecule has 0 radical (unpaired) electrons. The van der Waals surface area contributed by atoms with E-state index < -0.39 is 11.7 Å². The number of anilines is 1. The molecule has 2 rings (SSSR count). The lowest BCUT2D eigenvalue weighted by Gasteiger charge is -2.31. The Hall–Kier alpha value is -2.22. The van der Waals surface area contributed by atoms with Gasteiger partial charge in [0.1, 0.15) is 17.7 Å². The smallest absolute Gasteiger partial charge is 0.237 e. The first kappa shape index (κ1) is 14.2. The lowest BCUT2D eigenvalue weighted by Crippen LogP contribution is -2.44. The van der Waals surface area contributed by atoms with Crippen molar-refractivity contribution in [3.8, 4) is 6.07 Å². The normalized spacial score (nSPS) is 18.8. The number of carbonyl (C=O) groups excluding carboxylic acids is 2. The van der Waals surface area contributed by atoms with Crippen LogP contribution in [0.25, 0.3) is 0 Å². The van der Waals surface area contributed by atoms with Gasteiger partial charge in [-0.3, -0.25) is 9.59 Å². The second-order valence-electron chi connectivity index (χ2n) is 4.78. The van der Waals surface area contributed by atoms with Crippen LogP contribution in [-0.2, 0) is 9.59 Å². The predicted molar refractivity (Wildman–Crippen MR) is 71.5 cm³/mol. The Bertz CT molecular complexity index is 592. The minimum absolute atomic E-state index is 0.0673. The van der Waals surface area contributed by atoms with Gasteiger partial charge in [-0.25, -0.2) is 4.39 Å². The van der Waals surface area contributed by atoms with E-state index in [2.05, 4.69) is 0 Å². The number of rotatable bonds is 3. The number of hydrogen-bond donors (Lipinski definition) is 0. The van der Waals surface area contributed by atoms with E-state index in [4.69, 9.17) is 5.26 Å². The number of benzene rings is 1. The summed E-state index contributed by atoms with van der Waals surface area (Å²) < 4.78 is 13.3. The third-order valence-corrected chi connectivity index (χ3v) is 3.56. The van der Waals surface area contributed by atoms with Crippen molar-refractivity contribution in [2.45, 2.75) is 26.2 Å². The highest BCUT2D eigenvalue weighted by molar-refractivity contribution is 6.08. The highest BCUT2D eigenvalue weighted by Crippen LogP contribution is 2.27. The molecule has 1 aliphatic rings. The Kier molecular flexibility index (Phi) is 4.14. The van der Waals surface area contributed by atoms with Crippen LogP contribution in [0.2, 0.25) is 0 Å². The molecule has 1 heterocycles. The fourth-order valence-electron chi connectivity index (χ4n) is 2.44. The first-order valence-corrected chi connectivity index (χ1v) is 6.62. The highest BCUT2D eigenvalue weighted by atomic mass is 19.1. The summed E-state index contributed by atoms with van der Waals surface area (Å²) in [4.78, 5) is 25.6. The van der Waals surface area contributed by atoms with Gasteiger partial charge in [-0.1, -0.05) is 6.92 Å². The van der Waals surface area contributed by atoms with Gasteiger partial charge >= 0.3 is 0 Å². The second-order valence-corrected chi connectivity index (χ2v) is 4.78. The topological polar surface area (TPSA) is 61.2 Å². The number of Topliss-reactive ketones (excluding diaryl/α,β-unsaturated/α-hetero) is 1. The van der Waals surface area contributed by atoms with Crippen LogP contribution in [0.4, 0.5) is 10.1 Å². The minimum atomic E-state index is -0.609. The van der Waals surface area contributed by atoms with Crippen LogP contribution in [0.3, 0.4) is 0 Å². The monoisotopic (exact) mass is 274 g/mol. The minimum Gasteiger partial charge on any atom is -0.312 e. The molecule has 1 aromatic rings. The van der Waals surface area contributed by atoms with Crippen LogP contribution >= 0.6 is 0 Å². The molecule has 0 spiro atoms. The van der Waals surface area contributed by atoms with Gasteiger partial charge < -0.3 is 4.90 Å². The van der Waals surface area contributed by atoms with Crippen molar-refractivity contribution in [2.75, 3.05) is 11.4 Å². The van der Waals surface area contributed by atoms with Crippen molar-refractivity contribution < 1.29 is 14.0 Å². The summed E-state index contributed by atoms with van der Waals surface area (Å²) in [5.41, 5.74) is 0.376. The fourth-order valence-corrected chi connectivity index (χ4v) is 2.44. The van der Waals surface area contributed by atoms with E-state index in [9.17, 15) is 14.0 Å². The number of halogens is 1. The zero-order valence-electron chi connectivity index (χ0n) is 11.2. The number of hydrogen-bond acceptors (Lipinski definition) is 3. The molecule has 1 atom stereocenters. The largest absolute Gasteiger partial charge is 0.312 e. The van der Waals surface area contributed by atoms with Crippen molar-refractivity contribution in [1.29, 1.82) is 5.26 Å². The van der Waals surface area contributed by atoms with E-state index in [0.717, 1.165) is 6.42 Å². The summed E-state index contributed by atoms with van der Waals surface area (Å²) in [6.07, 6.45) is 1.62. The summed E-state index contributed by atoms with van der Waals surface area (Å²) in [6, 6.07) is 5.75. The number of ketones is 1. The molecule has 0 bridgehead atoms. The Morgan fingerprint density at radius 1 is 1.55 bits per heavy atom. The van der Waals surface area contributed by atoms with E-state index in [1.165, 1.54) is 23.1 Å². The lowest BCUT2D eigenvalue weighted by atomic mass is 9.91. The molecule has 0 aliphatic carbocycles. The maximum Gasteiger partial charge on any atom is 0.237 e. The molecule has 4 nitrogen and oxygen atoms in total.